The highest BCUT2D eigenvalue weighted by molar-refractivity contribution is 9.10. The van der Waals surface area contributed by atoms with E-state index in [4.69, 9.17) is 11.6 Å². The minimum Gasteiger partial charge on any atom is -0.315 e. The number of halogens is 2. The van der Waals surface area contributed by atoms with Crippen LogP contribution in [-0.2, 0) is 17.6 Å². The van der Waals surface area contributed by atoms with Gasteiger partial charge in [0.25, 0.3) is 0 Å². The first-order valence-corrected chi connectivity index (χ1v) is 8.05. The molecule has 0 N–H and O–H groups in total. The number of anilines is 1. The van der Waals surface area contributed by atoms with Crippen molar-refractivity contribution in [3.8, 4) is 0 Å². The molecule has 108 valence electrons. The van der Waals surface area contributed by atoms with E-state index >= 15 is 0 Å². The number of likely N-dealkylation sites (N-methyl/N-ethyl adjacent to an activating group) is 1. The van der Waals surface area contributed by atoms with Gasteiger partial charge in [0.15, 0.2) is 0 Å². The molecule has 1 unspecified atom stereocenters. The Morgan fingerprint density at radius 2 is 2.10 bits per heavy atom. The van der Waals surface area contributed by atoms with Crippen LogP contribution >= 0.6 is 27.5 Å². The minimum atomic E-state index is -0.0920. The van der Waals surface area contributed by atoms with Gasteiger partial charge in [0, 0.05) is 17.2 Å². The molecular formula is C17H15BrClNO. The molecule has 0 saturated heterocycles. The number of amides is 1. The van der Waals surface area contributed by atoms with E-state index in [-0.39, 0.29) is 11.3 Å². The van der Waals surface area contributed by atoms with E-state index in [1.807, 2.05) is 31.3 Å². The number of fused-ring (bicyclic) bond motifs is 1. The molecule has 0 radical (unpaired) electrons. The highest BCUT2D eigenvalue weighted by atomic mass is 79.9. The lowest BCUT2D eigenvalue weighted by molar-refractivity contribution is -0.117. The van der Waals surface area contributed by atoms with E-state index in [2.05, 4.69) is 34.1 Å². The number of rotatable bonds is 3. The van der Waals surface area contributed by atoms with Gasteiger partial charge in [-0.25, -0.2) is 0 Å². The fourth-order valence-corrected chi connectivity index (χ4v) is 3.43. The molecule has 0 spiro atoms. The van der Waals surface area contributed by atoms with Crippen LogP contribution in [-0.4, -0.2) is 13.0 Å². The zero-order valence-corrected chi connectivity index (χ0v) is 14.0. The van der Waals surface area contributed by atoms with Crippen LogP contribution in [0.25, 0.3) is 0 Å². The Labute approximate surface area is 137 Å². The minimum absolute atomic E-state index is 0.0920. The molecule has 2 nitrogen and oxygen atoms in total. The van der Waals surface area contributed by atoms with Gasteiger partial charge in [0.05, 0.1) is 11.8 Å². The fourth-order valence-electron chi connectivity index (χ4n) is 2.67. The number of hydrogen-bond acceptors (Lipinski definition) is 1. The lowest BCUT2D eigenvalue weighted by Gasteiger charge is -2.14. The first-order chi connectivity index (χ1) is 10.0. The van der Waals surface area contributed by atoms with E-state index in [0.29, 0.717) is 6.42 Å². The zero-order chi connectivity index (χ0) is 15.0. The van der Waals surface area contributed by atoms with Crippen molar-refractivity contribution >= 4 is 39.1 Å². The van der Waals surface area contributed by atoms with Gasteiger partial charge in [-0.05, 0) is 41.3 Å². The summed E-state index contributed by atoms with van der Waals surface area (Å²) in [5.41, 5.74) is 4.33. The van der Waals surface area contributed by atoms with Crippen molar-refractivity contribution in [2.75, 3.05) is 11.9 Å². The molecule has 1 aliphatic heterocycles. The summed E-state index contributed by atoms with van der Waals surface area (Å²) in [4.78, 5) is 13.4. The summed E-state index contributed by atoms with van der Waals surface area (Å²) < 4.78 is 1.06. The maximum atomic E-state index is 11.7. The number of carbonyl (C=O) groups excluding carboxylic acids is 1. The van der Waals surface area contributed by atoms with E-state index in [1.54, 1.807) is 4.90 Å². The smallest absolute Gasteiger partial charge is 0.231 e. The summed E-state index contributed by atoms with van der Waals surface area (Å²) in [5, 5.41) is -0.0920. The van der Waals surface area contributed by atoms with Gasteiger partial charge in [-0.15, -0.1) is 11.6 Å². The largest absolute Gasteiger partial charge is 0.315 e. The summed E-state index contributed by atoms with van der Waals surface area (Å²) in [6, 6.07) is 14.2. The monoisotopic (exact) mass is 363 g/mol. The van der Waals surface area contributed by atoms with Gasteiger partial charge >= 0.3 is 0 Å². The lowest BCUT2D eigenvalue weighted by Crippen LogP contribution is -2.20. The Morgan fingerprint density at radius 1 is 1.29 bits per heavy atom. The third kappa shape index (κ3) is 2.99. The van der Waals surface area contributed by atoms with Gasteiger partial charge < -0.3 is 4.90 Å². The molecule has 0 bridgehead atoms. The Bertz CT molecular complexity index is 701. The van der Waals surface area contributed by atoms with Gasteiger partial charge in [-0.2, -0.15) is 0 Å². The molecule has 1 atom stereocenters. The van der Waals surface area contributed by atoms with Crippen LogP contribution in [0.15, 0.2) is 46.9 Å². The molecule has 0 saturated carbocycles. The third-order valence-electron chi connectivity index (χ3n) is 3.85. The summed E-state index contributed by atoms with van der Waals surface area (Å²) in [6.07, 6.45) is 1.24. The average Bonchev–Trinajstić information content (AvgIpc) is 2.73. The second-order valence-corrected chi connectivity index (χ2v) is 6.76. The van der Waals surface area contributed by atoms with Crippen LogP contribution in [0.4, 0.5) is 5.69 Å². The van der Waals surface area contributed by atoms with Crippen molar-refractivity contribution in [3.63, 3.8) is 0 Å². The van der Waals surface area contributed by atoms with Crippen molar-refractivity contribution in [2.24, 2.45) is 0 Å². The molecule has 0 aromatic heterocycles. The van der Waals surface area contributed by atoms with Gasteiger partial charge in [0.2, 0.25) is 5.91 Å². The fraction of sp³-hybridized carbons (Fsp3) is 0.235. The lowest BCUT2D eigenvalue weighted by atomic mass is 10.0. The summed E-state index contributed by atoms with van der Waals surface area (Å²) in [5.74, 6) is 0.139. The summed E-state index contributed by atoms with van der Waals surface area (Å²) >= 11 is 10.0. The topological polar surface area (TPSA) is 20.3 Å². The van der Waals surface area contributed by atoms with E-state index < -0.39 is 0 Å². The molecule has 2 aromatic carbocycles. The SMILES string of the molecule is CN1C(=O)Cc2cc(C(Cl)Cc3cccc(Br)c3)ccc21. The van der Waals surface area contributed by atoms with Crippen LogP contribution in [0.1, 0.15) is 22.1 Å². The highest BCUT2D eigenvalue weighted by Crippen LogP contribution is 2.33. The standard InChI is InChI=1S/C17H15BrClNO/c1-20-16-6-5-12(9-13(16)10-17(20)21)15(19)8-11-3-2-4-14(18)7-11/h2-7,9,15H,8,10H2,1H3. The van der Waals surface area contributed by atoms with Crippen LogP contribution in [0.3, 0.4) is 0 Å². The first-order valence-electron chi connectivity index (χ1n) is 6.82. The zero-order valence-electron chi connectivity index (χ0n) is 11.6. The molecule has 0 aliphatic carbocycles. The van der Waals surface area contributed by atoms with Crippen LogP contribution in [0, 0.1) is 0 Å². The predicted molar refractivity (Wildman–Crippen MR) is 90.0 cm³/mol. The highest BCUT2D eigenvalue weighted by Gasteiger charge is 2.24. The molecule has 2 aromatic rings. The number of alkyl halides is 1. The predicted octanol–water partition coefficient (Wildman–Crippen LogP) is 4.49. The Kier molecular flexibility index (Phi) is 4.05. The maximum Gasteiger partial charge on any atom is 0.231 e. The van der Waals surface area contributed by atoms with Crippen molar-refractivity contribution in [1.82, 2.24) is 0 Å². The van der Waals surface area contributed by atoms with E-state index in [9.17, 15) is 4.79 Å². The Hall–Kier alpha value is -1.32. The number of benzene rings is 2. The van der Waals surface area contributed by atoms with Crippen molar-refractivity contribution in [2.45, 2.75) is 18.2 Å². The van der Waals surface area contributed by atoms with E-state index in [1.165, 1.54) is 5.56 Å². The van der Waals surface area contributed by atoms with Gasteiger partial charge in [-0.1, -0.05) is 40.2 Å². The molecular weight excluding hydrogens is 350 g/mol. The molecule has 3 rings (SSSR count). The third-order valence-corrected chi connectivity index (χ3v) is 4.75. The maximum absolute atomic E-state index is 11.7. The van der Waals surface area contributed by atoms with Crippen LogP contribution < -0.4 is 4.90 Å². The molecule has 1 amide bonds. The molecule has 1 heterocycles. The second-order valence-electron chi connectivity index (χ2n) is 5.32. The van der Waals surface area contributed by atoms with E-state index in [0.717, 1.165) is 27.7 Å². The quantitative estimate of drug-likeness (QED) is 0.735. The Balaban J connectivity index is 1.81. The summed E-state index contributed by atoms with van der Waals surface area (Å²) in [7, 11) is 1.81. The van der Waals surface area contributed by atoms with Crippen molar-refractivity contribution in [1.29, 1.82) is 0 Å². The number of carbonyl (C=O) groups is 1. The molecule has 1 aliphatic rings. The Morgan fingerprint density at radius 3 is 2.86 bits per heavy atom. The molecule has 0 fully saturated rings. The van der Waals surface area contributed by atoms with Gasteiger partial charge in [-0.3, -0.25) is 4.79 Å². The second kappa shape index (κ2) is 5.82. The summed E-state index contributed by atoms with van der Waals surface area (Å²) in [6.45, 7) is 0. The molecule has 21 heavy (non-hydrogen) atoms. The molecule has 4 heteroatoms. The van der Waals surface area contributed by atoms with Crippen LogP contribution in [0.2, 0.25) is 0 Å². The number of nitrogens with zero attached hydrogens (tertiary/aromatic N) is 1. The van der Waals surface area contributed by atoms with Crippen molar-refractivity contribution < 1.29 is 4.79 Å². The average molecular weight is 365 g/mol. The van der Waals surface area contributed by atoms with Crippen LogP contribution in [0.5, 0.6) is 0 Å². The normalized spacial score (nSPS) is 15.2. The first kappa shape index (κ1) is 14.6. The van der Waals surface area contributed by atoms with Crippen molar-refractivity contribution in [3.05, 3.63) is 63.6 Å². The number of hydrogen-bond donors (Lipinski definition) is 0. The van der Waals surface area contributed by atoms with Gasteiger partial charge in [0.1, 0.15) is 0 Å².